The van der Waals surface area contributed by atoms with Crippen LogP contribution in [-0.4, -0.2) is 101 Å². The van der Waals surface area contributed by atoms with Crippen LogP contribution in [0.5, 0.6) is 0 Å². The average molecular weight is 743 g/mol. The molecule has 0 radical (unpaired) electrons. The van der Waals surface area contributed by atoms with E-state index in [1.54, 1.807) is 0 Å². The molecular weight excluding hydrogens is 672 g/mol. The number of carboxylic acids is 2. The number of hydrogen-bond donors (Lipinski definition) is 6. The maximum absolute atomic E-state index is 12.8. The molecule has 0 aromatic carbocycles. The first-order valence-electron chi connectivity index (χ1n) is 18.9. The standard InChI is InChI=1S/C38H70N4O10/c1-12-37(10,52-23-21-40-30(43)18-17-29(35(49)50)42-33(46)26(5)27(6)34(47)48)19-22-51-38(11,13-2)24-31(44)39-20-15-14-16-28(41-25(3)4)32(45)36(7,8)9/h25-29,41H,12-24H2,1-11H3,(H,39,44)(H,40,43)(H,42,46)(H,47,48)(H,49,50)/t26?,27?,28-,29-,37?,38?/m0/s1. The number of unbranched alkanes of at least 4 members (excludes halogenated alkanes) is 1. The van der Waals surface area contributed by atoms with Gasteiger partial charge in [0.25, 0.3) is 0 Å². The number of ketones is 1. The fraction of sp³-hybridized carbons (Fsp3) is 0.842. The fourth-order valence-corrected chi connectivity index (χ4v) is 5.31. The van der Waals surface area contributed by atoms with Gasteiger partial charge in [-0.3, -0.25) is 24.0 Å². The van der Waals surface area contributed by atoms with E-state index in [-0.39, 0.29) is 56.2 Å². The third kappa shape index (κ3) is 19.7. The summed E-state index contributed by atoms with van der Waals surface area (Å²) in [6.07, 6.45) is 4.09. The molecule has 0 aliphatic carbocycles. The Morgan fingerprint density at radius 2 is 1.25 bits per heavy atom. The molecule has 0 aromatic heterocycles. The van der Waals surface area contributed by atoms with Crippen LogP contribution in [0.1, 0.15) is 134 Å². The van der Waals surface area contributed by atoms with Gasteiger partial charge in [-0.15, -0.1) is 0 Å². The monoisotopic (exact) mass is 743 g/mol. The lowest BCUT2D eigenvalue weighted by Crippen LogP contribution is -2.45. The summed E-state index contributed by atoms with van der Waals surface area (Å²) >= 11 is 0. The van der Waals surface area contributed by atoms with E-state index in [0.717, 1.165) is 19.3 Å². The number of rotatable bonds is 28. The molecule has 6 atom stereocenters. The highest BCUT2D eigenvalue weighted by atomic mass is 16.5. The van der Waals surface area contributed by atoms with Crippen molar-refractivity contribution in [1.29, 1.82) is 0 Å². The smallest absolute Gasteiger partial charge is 0.326 e. The molecular formula is C38H70N4O10. The van der Waals surface area contributed by atoms with Gasteiger partial charge >= 0.3 is 11.9 Å². The summed E-state index contributed by atoms with van der Waals surface area (Å²) in [7, 11) is 0. The van der Waals surface area contributed by atoms with Crippen molar-refractivity contribution < 1.29 is 48.5 Å². The highest BCUT2D eigenvalue weighted by Gasteiger charge is 2.32. The van der Waals surface area contributed by atoms with E-state index in [4.69, 9.17) is 14.6 Å². The van der Waals surface area contributed by atoms with E-state index in [2.05, 4.69) is 21.3 Å². The Kier molecular flexibility index (Phi) is 22.1. The summed E-state index contributed by atoms with van der Waals surface area (Å²) in [5.41, 5.74) is -1.62. The number of carbonyl (C=O) groups excluding carboxylic acids is 4. The number of hydrogen-bond acceptors (Lipinski definition) is 9. The SMILES string of the molecule is CCC(C)(CCOC(C)(CC)CC(=O)NCCCC[C@H](NC(C)C)C(=O)C(C)(C)C)OCCNC(=O)CC[C@H](NC(=O)C(C)C(C)C(=O)O)C(=O)O. The van der Waals surface area contributed by atoms with Crippen molar-refractivity contribution in [3.05, 3.63) is 0 Å². The first-order chi connectivity index (χ1) is 24.0. The largest absolute Gasteiger partial charge is 0.481 e. The van der Waals surface area contributed by atoms with Crippen molar-refractivity contribution in [3.63, 3.8) is 0 Å². The molecule has 4 unspecified atom stereocenters. The lowest BCUT2D eigenvalue weighted by molar-refractivity contribution is -0.147. The van der Waals surface area contributed by atoms with E-state index >= 15 is 0 Å². The van der Waals surface area contributed by atoms with Gasteiger partial charge in [0.15, 0.2) is 5.78 Å². The van der Waals surface area contributed by atoms with Gasteiger partial charge in [-0.1, -0.05) is 62.3 Å². The zero-order valence-corrected chi connectivity index (χ0v) is 33.7. The van der Waals surface area contributed by atoms with Crippen molar-refractivity contribution in [1.82, 2.24) is 21.3 Å². The zero-order chi connectivity index (χ0) is 40.3. The van der Waals surface area contributed by atoms with E-state index in [1.807, 2.05) is 62.3 Å². The molecule has 6 N–H and O–H groups in total. The molecule has 14 nitrogen and oxygen atoms in total. The average Bonchev–Trinajstić information content (AvgIpc) is 3.05. The van der Waals surface area contributed by atoms with Gasteiger partial charge in [-0.2, -0.15) is 0 Å². The van der Waals surface area contributed by atoms with Crippen LogP contribution >= 0.6 is 0 Å². The summed E-state index contributed by atoms with van der Waals surface area (Å²) in [6, 6.07) is -1.33. The first kappa shape index (κ1) is 48.9. The van der Waals surface area contributed by atoms with Gasteiger partial charge in [0.1, 0.15) is 6.04 Å². The van der Waals surface area contributed by atoms with Crippen LogP contribution < -0.4 is 21.3 Å². The third-order valence-electron chi connectivity index (χ3n) is 9.65. The molecule has 0 aliphatic heterocycles. The Morgan fingerprint density at radius 3 is 1.77 bits per heavy atom. The molecule has 14 heteroatoms. The molecule has 3 amide bonds. The van der Waals surface area contributed by atoms with Crippen LogP contribution in [0.4, 0.5) is 0 Å². The quantitative estimate of drug-likeness (QED) is 0.0625. The topological polar surface area (TPSA) is 209 Å². The predicted molar refractivity (Wildman–Crippen MR) is 200 cm³/mol. The summed E-state index contributed by atoms with van der Waals surface area (Å²) in [6.45, 7) is 21.8. The van der Waals surface area contributed by atoms with E-state index in [9.17, 15) is 33.9 Å². The number of nitrogens with one attached hydrogen (secondary N) is 4. The normalized spacial score (nSPS) is 16.5. The molecule has 0 heterocycles. The van der Waals surface area contributed by atoms with Crippen LogP contribution in [-0.2, 0) is 38.2 Å². The minimum Gasteiger partial charge on any atom is -0.481 e. The summed E-state index contributed by atoms with van der Waals surface area (Å²) in [5.74, 6) is -5.41. The van der Waals surface area contributed by atoms with Crippen molar-refractivity contribution in [2.75, 3.05) is 26.3 Å². The Labute approximate surface area is 311 Å². The van der Waals surface area contributed by atoms with E-state index in [1.165, 1.54) is 13.8 Å². The number of Topliss-reactive ketones (excluding diaryl/α,β-unsaturated/α-hetero) is 1. The second-order valence-corrected chi connectivity index (χ2v) is 15.8. The van der Waals surface area contributed by atoms with Crippen LogP contribution in [0.2, 0.25) is 0 Å². The van der Waals surface area contributed by atoms with E-state index in [0.29, 0.717) is 32.4 Å². The highest BCUT2D eigenvalue weighted by Crippen LogP contribution is 2.25. The number of ether oxygens (including phenoxy) is 2. The predicted octanol–water partition coefficient (Wildman–Crippen LogP) is 4.23. The lowest BCUT2D eigenvalue weighted by atomic mass is 9.84. The van der Waals surface area contributed by atoms with Gasteiger partial charge in [0.05, 0.1) is 42.8 Å². The number of carbonyl (C=O) groups is 6. The maximum atomic E-state index is 12.8. The Hall–Kier alpha value is -3.10. The lowest BCUT2D eigenvalue weighted by Gasteiger charge is -2.33. The first-order valence-corrected chi connectivity index (χ1v) is 18.9. The van der Waals surface area contributed by atoms with E-state index < -0.39 is 58.2 Å². The van der Waals surface area contributed by atoms with Crippen molar-refractivity contribution in [2.24, 2.45) is 17.3 Å². The summed E-state index contributed by atoms with van der Waals surface area (Å²) in [4.78, 5) is 73.1. The number of amides is 3. The molecule has 0 bridgehead atoms. The maximum Gasteiger partial charge on any atom is 0.326 e. The minimum atomic E-state index is -1.33. The van der Waals surface area contributed by atoms with Crippen molar-refractivity contribution in [2.45, 2.75) is 163 Å². The van der Waals surface area contributed by atoms with Gasteiger partial charge in [0.2, 0.25) is 17.7 Å². The van der Waals surface area contributed by atoms with Gasteiger partial charge < -0.3 is 41.0 Å². The molecule has 0 aromatic rings. The highest BCUT2D eigenvalue weighted by molar-refractivity contribution is 5.89. The molecule has 302 valence electrons. The Morgan fingerprint density at radius 1 is 0.673 bits per heavy atom. The second-order valence-electron chi connectivity index (χ2n) is 15.8. The molecule has 0 spiro atoms. The minimum absolute atomic E-state index is 0.0865. The van der Waals surface area contributed by atoms with Gasteiger partial charge in [-0.25, -0.2) is 4.79 Å². The molecule has 52 heavy (non-hydrogen) atoms. The third-order valence-corrected chi connectivity index (χ3v) is 9.65. The second kappa shape index (κ2) is 23.5. The van der Waals surface area contributed by atoms with Crippen LogP contribution in [0.3, 0.4) is 0 Å². The summed E-state index contributed by atoms with van der Waals surface area (Å²) in [5, 5.41) is 30.0. The summed E-state index contributed by atoms with van der Waals surface area (Å²) < 4.78 is 12.3. The molecule has 0 saturated carbocycles. The van der Waals surface area contributed by atoms with Crippen molar-refractivity contribution >= 4 is 35.4 Å². The van der Waals surface area contributed by atoms with Gasteiger partial charge in [-0.05, 0) is 58.8 Å². The zero-order valence-electron chi connectivity index (χ0n) is 33.7. The Balaban J connectivity index is 4.66. The van der Waals surface area contributed by atoms with Crippen LogP contribution in [0, 0.1) is 17.3 Å². The number of carboxylic acid groups (broad SMARTS) is 2. The molecule has 0 saturated heterocycles. The molecule has 0 rings (SSSR count). The Bertz CT molecular complexity index is 1160. The molecule has 0 fully saturated rings. The van der Waals surface area contributed by atoms with Crippen LogP contribution in [0.15, 0.2) is 0 Å². The van der Waals surface area contributed by atoms with Gasteiger partial charge in [0, 0.05) is 36.9 Å². The number of aliphatic carboxylic acids is 2. The fourth-order valence-electron chi connectivity index (χ4n) is 5.31. The molecule has 0 aliphatic rings. The van der Waals surface area contributed by atoms with Crippen molar-refractivity contribution in [3.8, 4) is 0 Å². The van der Waals surface area contributed by atoms with Crippen LogP contribution in [0.25, 0.3) is 0 Å².